The zero-order chi connectivity index (χ0) is 18.7. The second kappa shape index (κ2) is 7.43. The lowest BCUT2D eigenvalue weighted by Crippen LogP contribution is -2.31. The molecule has 7 nitrogen and oxygen atoms in total. The van der Waals surface area contributed by atoms with Crippen LogP contribution in [0, 0.1) is 16.0 Å². The molecule has 0 bridgehead atoms. The zero-order valence-corrected chi connectivity index (χ0v) is 14.6. The summed E-state index contributed by atoms with van der Waals surface area (Å²) < 4.78 is 11.1. The molecule has 0 fully saturated rings. The van der Waals surface area contributed by atoms with Gasteiger partial charge in [-0.2, -0.15) is 0 Å². The number of rotatable bonds is 5. The van der Waals surface area contributed by atoms with Gasteiger partial charge in [0.05, 0.1) is 11.0 Å². The second-order valence-corrected chi connectivity index (χ2v) is 6.40. The highest BCUT2D eigenvalue weighted by molar-refractivity contribution is 5.94. The molecule has 0 aliphatic carbocycles. The summed E-state index contributed by atoms with van der Waals surface area (Å²) in [6, 6.07) is 11.0. The Morgan fingerprint density at radius 2 is 1.73 bits per heavy atom. The van der Waals surface area contributed by atoms with Gasteiger partial charge < -0.3 is 14.8 Å². The van der Waals surface area contributed by atoms with Crippen molar-refractivity contribution in [1.82, 2.24) is 5.32 Å². The summed E-state index contributed by atoms with van der Waals surface area (Å²) in [4.78, 5) is 22.8. The van der Waals surface area contributed by atoms with Crippen LogP contribution >= 0.6 is 0 Å². The molecule has 1 atom stereocenters. The maximum absolute atomic E-state index is 12.6. The van der Waals surface area contributed by atoms with Crippen molar-refractivity contribution in [3.63, 3.8) is 0 Å². The number of nitro benzene ring substituents is 1. The van der Waals surface area contributed by atoms with E-state index in [-0.39, 0.29) is 23.6 Å². The van der Waals surface area contributed by atoms with E-state index >= 15 is 0 Å². The Morgan fingerprint density at radius 3 is 2.35 bits per heavy atom. The predicted octanol–water partition coefficient (Wildman–Crippen LogP) is 3.49. The van der Waals surface area contributed by atoms with Crippen LogP contribution in [0.5, 0.6) is 11.5 Å². The molecule has 1 heterocycles. The van der Waals surface area contributed by atoms with Crippen LogP contribution in [-0.2, 0) is 0 Å². The van der Waals surface area contributed by atoms with Crippen molar-refractivity contribution in [3.05, 3.63) is 63.7 Å². The molecule has 1 aliphatic heterocycles. The van der Waals surface area contributed by atoms with E-state index in [2.05, 4.69) is 5.32 Å². The van der Waals surface area contributed by atoms with E-state index in [0.717, 1.165) is 5.56 Å². The van der Waals surface area contributed by atoms with Gasteiger partial charge in [0, 0.05) is 17.7 Å². The van der Waals surface area contributed by atoms with Crippen molar-refractivity contribution in [3.8, 4) is 11.5 Å². The van der Waals surface area contributed by atoms with E-state index < -0.39 is 4.92 Å². The van der Waals surface area contributed by atoms with Crippen LogP contribution in [0.15, 0.2) is 42.5 Å². The fraction of sp³-hybridized carbons (Fsp3) is 0.316. The first-order valence-electron chi connectivity index (χ1n) is 8.40. The Labute approximate surface area is 151 Å². The average Bonchev–Trinajstić information content (AvgIpc) is 2.65. The number of hydrogen-bond acceptors (Lipinski definition) is 5. The van der Waals surface area contributed by atoms with Crippen LogP contribution < -0.4 is 14.8 Å². The van der Waals surface area contributed by atoms with Crippen LogP contribution in [-0.4, -0.2) is 24.0 Å². The molecule has 0 saturated heterocycles. The van der Waals surface area contributed by atoms with Gasteiger partial charge in [-0.05, 0) is 35.7 Å². The van der Waals surface area contributed by atoms with Gasteiger partial charge in [0.15, 0.2) is 11.5 Å². The summed E-state index contributed by atoms with van der Waals surface area (Å²) in [6.45, 7) is 5.05. The highest BCUT2D eigenvalue weighted by Gasteiger charge is 2.22. The summed E-state index contributed by atoms with van der Waals surface area (Å²) in [5.41, 5.74) is 1.24. The molecule has 1 amide bonds. The molecule has 136 valence electrons. The van der Waals surface area contributed by atoms with E-state index in [1.807, 2.05) is 32.0 Å². The largest absolute Gasteiger partial charge is 0.486 e. The third-order valence-corrected chi connectivity index (χ3v) is 4.22. The molecule has 1 unspecified atom stereocenters. The number of ether oxygens (including phenoxy) is 2. The number of non-ortho nitro benzene ring substituents is 1. The van der Waals surface area contributed by atoms with Crippen molar-refractivity contribution in [1.29, 1.82) is 0 Å². The van der Waals surface area contributed by atoms with Gasteiger partial charge in [-0.1, -0.05) is 19.9 Å². The molecular weight excluding hydrogens is 336 g/mol. The number of nitrogens with zero attached hydrogens (tertiary/aromatic N) is 1. The van der Waals surface area contributed by atoms with Gasteiger partial charge in [-0.25, -0.2) is 0 Å². The minimum Gasteiger partial charge on any atom is -0.486 e. The number of fused-ring (bicyclic) bond motifs is 1. The quantitative estimate of drug-likeness (QED) is 0.654. The SMILES string of the molecule is CC(C)C(NC(=O)c1ccc([N+](=O)[O-])cc1)c1ccc2c(c1)OCCO2. The first-order chi connectivity index (χ1) is 12.5. The molecule has 2 aromatic carbocycles. The summed E-state index contributed by atoms with van der Waals surface area (Å²) >= 11 is 0. The van der Waals surface area contributed by atoms with Crippen molar-refractivity contribution in [2.24, 2.45) is 5.92 Å². The Kier molecular flexibility index (Phi) is 5.06. The topological polar surface area (TPSA) is 90.7 Å². The monoisotopic (exact) mass is 356 g/mol. The minimum absolute atomic E-state index is 0.0474. The number of nitro groups is 1. The molecule has 26 heavy (non-hydrogen) atoms. The number of carbonyl (C=O) groups is 1. The van der Waals surface area contributed by atoms with Crippen molar-refractivity contribution in [2.45, 2.75) is 19.9 Å². The lowest BCUT2D eigenvalue weighted by molar-refractivity contribution is -0.384. The first kappa shape index (κ1) is 17.7. The van der Waals surface area contributed by atoms with Gasteiger partial charge in [-0.3, -0.25) is 14.9 Å². The normalized spacial score (nSPS) is 14.0. The molecule has 1 aliphatic rings. The minimum atomic E-state index is -0.492. The van der Waals surface area contributed by atoms with Gasteiger partial charge >= 0.3 is 0 Å². The smallest absolute Gasteiger partial charge is 0.269 e. The Bertz CT molecular complexity index is 817. The molecule has 0 spiro atoms. The lowest BCUT2D eigenvalue weighted by Gasteiger charge is -2.25. The van der Waals surface area contributed by atoms with E-state index in [1.54, 1.807) is 0 Å². The highest BCUT2D eigenvalue weighted by atomic mass is 16.6. The number of benzene rings is 2. The third-order valence-electron chi connectivity index (χ3n) is 4.22. The van der Waals surface area contributed by atoms with Crippen molar-refractivity contribution in [2.75, 3.05) is 13.2 Å². The molecule has 0 saturated carbocycles. The summed E-state index contributed by atoms with van der Waals surface area (Å²) in [5, 5.41) is 13.7. The number of nitrogens with one attached hydrogen (secondary N) is 1. The van der Waals surface area contributed by atoms with Crippen molar-refractivity contribution >= 4 is 11.6 Å². The first-order valence-corrected chi connectivity index (χ1v) is 8.40. The molecule has 7 heteroatoms. The lowest BCUT2D eigenvalue weighted by atomic mass is 9.95. The van der Waals surface area contributed by atoms with E-state index in [4.69, 9.17) is 9.47 Å². The van der Waals surface area contributed by atoms with Gasteiger partial charge in [0.1, 0.15) is 13.2 Å². The maximum atomic E-state index is 12.6. The fourth-order valence-electron chi connectivity index (χ4n) is 2.85. The molecule has 0 radical (unpaired) electrons. The van der Waals surface area contributed by atoms with E-state index in [0.29, 0.717) is 30.3 Å². The predicted molar refractivity (Wildman–Crippen MR) is 95.6 cm³/mol. The summed E-state index contributed by atoms with van der Waals surface area (Å²) in [7, 11) is 0. The molecular formula is C19H20N2O5. The van der Waals surface area contributed by atoms with Crippen LogP contribution in [0.25, 0.3) is 0 Å². The number of amides is 1. The zero-order valence-electron chi connectivity index (χ0n) is 14.6. The fourth-order valence-corrected chi connectivity index (χ4v) is 2.85. The highest BCUT2D eigenvalue weighted by Crippen LogP contribution is 2.34. The Hall–Kier alpha value is -3.09. The molecule has 1 N–H and O–H groups in total. The molecule has 0 aromatic heterocycles. The van der Waals surface area contributed by atoms with E-state index in [9.17, 15) is 14.9 Å². The maximum Gasteiger partial charge on any atom is 0.269 e. The molecule has 2 aromatic rings. The number of carbonyl (C=O) groups excluding carboxylic acids is 1. The van der Waals surface area contributed by atoms with E-state index in [1.165, 1.54) is 24.3 Å². The van der Waals surface area contributed by atoms with Crippen molar-refractivity contribution < 1.29 is 19.2 Å². The van der Waals surface area contributed by atoms with Gasteiger partial charge in [-0.15, -0.1) is 0 Å². The van der Waals surface area contributed by atoms with Gasteiger partial charge in [0.2, 0.25) is 0 Å². The summed E-state index contributed by atoms with van der Waals surface area (Å²) in [5.74, 6) is 1.22. The summed E-state index contributed by atoms with van der Waals surface area (Å²) in [6.07, 6.45) is 0. The standard InChI is InChI=1S/C19H20N2O5/c1-12(2)18(14-5-8-16-17(11-14)26-10-9-25-16)20-19(22)13-3-6-15(7-4-13)21(23)24/h3-8,11-12,18H,9-10H2,1-2H3,(H,20,22). The molecule has 3 rings (SSSR count). The third kappa shape index (κ3) is 3.77. The van der Waals surface area contributed by atoms with Crippen LogP contribution in [0.2, 0.25) is 0 Å². The second-order valence-electron chi connectivity index (χ2n) is 6.40. The average molecular weight is 356 g/mol. The van der Waals surface area contributed by atoms with Gasteiger partial charge in [0.25, 0.3) is 11.6 Å². The van der Waals surface area contributed by atoms with Crippen LogP contribution in [0.4, 0.5) is 5.69 Å². The van der Waals surface area contributed by atoms with Crippen LogP contribution in [0.1, 0.15) is 35.8 Å². The Morgan fingerprint density at radius 1 is 1.08 bits per heavy atom. The number of hydrogen-bond donors (Lipinski definition) is 1. The Balaban J connectivity index is 1.80. The van der Waals surface area contributed by atoms with Crippen LogP contribution in [0.3, 0.4) is 0 Å².